The lowest BCUT2D eigenvalue weighted by molar-refractivity contribution is -0.119. The van der Waals surface area contributed by atoms with Crippen LogP contribution in [0.5, 0.6) is 5.75 Å². The third-order valence-electron chi connectivity index (χ3n) is 3.89. The molecule has 0 unspecified atom stereocenters. The molecular weight excluding hydrogens is 294 g/mol. The second-order valence-electron chi connectivity index (χ2n) is 5.97. The number of phenols is 1. The molecule has 0 aliphatic carbocycles. The maximum absolute atomic E-state index is 12.0. The van der Waals surface area contributed by atoms with Crippen molar-refractivity contribution < 1.29 is 14.7 Å². The minimum absolute atomic E-state index is 0.0572. The van der Waals surface area contributed by atoms with Gasteiger partial charge in [-0.25, -0.2) is 4.79 Å². The third kappa shape index (κ3) is 2.83. The van der Waals surface area contributed by atoms with Crippen molar-refractivity contribution in [3.05, 3.63) is 48.0 Å². The molecule has 2 aromatic carbocycles. The van der Waals surface area contributed by atoms with E-state index < -0.39 is 11.4 Å². The fourth-order valence-corrected chi connectivity index (χ4v) is 2.51. The first kappa shape index (κ1) is 14.9. The van der Waals surface area contributed by atoms with E-state index in [9.17, 15) is 14.7 Å². The van der Waals surface area contributed by atoms with Crippen LogP contribution >= 0.6 is 0 Å². The molecule has 6 nitrogen and oxygen atoms in total. The number of hydrogen-bond acceptors (Lipinski definition) is 3. The van der Waals surface area contributed by atoms with Crippen molar-refractivity contribution in [2.24, 2.45) is 0 Å². The fourth-order valence-electron chi connectivity index (χ4n) is 2.51. The molecule has 0 saturated heterocycles. The molecule has 118 valence electrons. The Bertz CT molecular complexity index is 782. The number of hydrogen-bond donors (Lipinski definition) is 4. The Morgan fingerprint density at radius 2 is 1.65 bits per heavy atom. The number of benzene rings is 2. The standard InChI is InChI=1S/C17H17N3O3/c1-17(2)13-8-5-11(9-14(13)20-15(17)22)19-16(23)18-10-3-6-12(21)7-4-10/h3-9,21H,1-2H3,(H,20,22)(H2,18,19,23). The molecule has 3 amide bonds. The van der Waals surface area contributed by atoms with Crippen molar-refractivity contribution in [3.8, 4) is 5.75 Å². The first-order chi connectivity index (χ1) is 10.9. The van der Waals surface area contributed by atoms with Gasteiger partial charge in [0.05, 0.1) is 5.41 Å². The van der Waals surface area contributed by atoms with Crippen LogP contribution in [-0.4, -0.2) is 17.0 Å². The van der Waals surface area contributed by atoms with Gasteiger partial charge in [-0.2, -0.15) is 0 Å². The van der Waals surface area contributed by atoms with Crippen LogP contribution in [0.2, 0.25) is 0 Å². The molecule has 0 radical (unpaired) electrons. The zero-order valence-corrected chi connectivity index (χ0v) is 12.8. The van der Waals surface area contributed by atoms with E-state index in [0.29, 0.717) is 17.1 Å². The predicted molar refractivity (Wildman–Crippen MR) is 88.8 cm³/mol. The summed E-state index contributed by atoms with van der Waals surface area (Å²) in [7, 11) is 0. The van der Waals surface area contributed by atoms with Crippen LogP contribution in [-0.2, 0) is 10.2 Å². The van der Waals surface area contributed by atoms with Crippen LogP contribution in [0.25, 0.3) is 0 Å². The average Bonchev–Trinajstić information content (AvgIpc) is 2.71. The Morgan fingerprint density at radius 3 is 2.35 bits per heavy atom. The second-order valence-corrected chi connectivity index (χ2v) is 5.97. The zero-order chi connectivity index (χ0) is 16.6. The van der Waals surface area contributed by atoms with E-state index in [1.807, 2.05) is 19.9 Å². The molecule has 0 spiro atoms. The van der Waals surface area contributed by atoms with Gasteiger partial charge in [-0.15, -0.1) is 0 Å². The third-order valence-corrected chi connectivity index (χ3v) is 3.89. The number of anilines is 3. The Hall–Kier alpha value is -3.02. The van der Waals surface area contributed by atoms with Crippen molar-refractivity contribution in [1.29, 1.82) is 0 Å². The highest BCUT2D eigenvalue weighted by atomic mass is 16.3. The summed E-state index contributed by atoms with van der Waals surface area (Å²) >= 11 is 0. The lowest BCUT2D eigenvalue weighted by atomic mass is 9.86. The number of urea groups is 1. The molecule has 6 heteroatoms. The maximum atomic E-state index is 12.0. The summed E-state index contributed by atoms with van der Waals surface area (Å²) in [6, 6.07) is 11.1. The van der Waals surface area contributed by atoms with Crippen LogP contribution in [0.4, 0.5) is 21.9 Å². The minimum atomic E-state index is -0.567. The molecule has 1 heterocycles. The van der Waals surface area contributed by atoms with Crippen LogP contribution < -0.4 is 16.0 Å². The van der Waals surface area contributed by atoms with Gasteiger partial charge >= 0.3 is 6.03 Å². The first-order valence-electron chi connectivity index (χ1n) is 7.19. The topological polar surface area (TPSA) is 90.5 Å². The number of nitrogens with one attached hydrogen (secondary N) is 3. The molecule has 0 atom stereocenters. The van der Waals surface area contributed by atoms with Gasteiger partial charge in [0.25, 0.3) is 0 Å². The lowest BCUT2D eigenvalue weighted by Crippen LogP contribution is -2.26. The van der Waals surface area contributed by atoms with E-state index in [0.717, 1.165) is 5.56 Å². The summed E-state index contributed by atoms with van der Waals surface area (Å²) in [4.78, 5) is 23.9. The summed E-state index contributed by atoms with van der Waals surface area (Å²) in [6.45, 7) is 3.72. The maximum Gasteiger partial charge on any atom is 0.323 e. The number of amides is 3. The quantitative estimate of drug-likeness (QED) is 0.642. The largest absolute Gasteiger partial charge is 0.508 e. The SMILES string of the molecule is CC1(C)C(=O)Nc2cc(NC(=O)Nc3ccc(O)cc3)ccc21. The van der Waals surface area contributed by atoms with Gasteiger partial charge in [-0.05, 0) is 55.8 Å². The molecule has 0 saturated carbocycles. The predicted octanol–water partition coefficient (Wildman–Crippen LogP) is 3.27. The van der Waals surface area contributed by atoms with Gasteiger partial charge in [0.15, 0.2) is 0 Å². The number of carbonyl (C=O) groups excluding carboxylic acids is 2. The van der Waals surface area contributed by atoms with Crippen molar-refractivity contribution >= 4 is 29.0 Å². The van der Waals surface area contributed by atoms with Gasteiger partial charge < -0.3 is 21.1 Å². The number of fused-ring (bicyclic) bond motifs is 1. The molecule has 0 fully saturated rings. The fraction of sp³-hybridized carbons (Fsp3) is 0.176. The molecule has 4 N–H and O–H groups in total. The Balaban J connectivity index is 1.72. The molecule has 1 aliphatic rings. The highest BCUT2D eigenvalue weighted by Crippen LogP contribution is 2.38. The van der Waals surface area contributed by atoms with E-state index in [-0.39, 0.29) is 11.7 Å². The van der Waals surface area contributed by atoms with E-state index in [1.165, 1.54) is 12.1 Å². The van der Waals surface area contributed by atoms with Gasteiger partial charge in [0.1, 0.15) is 5.75 Å². The zero-order valence-electron chi connectivity index (χ0n) is 12.8. The number of rotatable bonds is 2. The monoisotopic (exact) mass is 311 g/mol. The Kier molecular flexibility index (Phi) is 3.44. The smallest absolute Gasteiger partial charge is 0.323 e. The highest BCUT2D eigenvalue weighted by Gasteiger charge is 2.38. The van der Waals surface area contributed by atoms with Crippen molar-refractivity contribution in [1.82, 2.24) is 0 Å². The Morgan fingerprint density at radius 1 is 1.04 bits per heavy atom. The average molecular weight is 311 g/mol. The van der Waals surface area contributed by atoms with Crippen LogP contribution in [0.15, 0.2) is 42.5 Å². The van der Waals surface area contributed by atoms with E-state index in [1.54, 1.807) is 24.3 Å². The van der Waals surface area contributed by atoms with E-state index in [4.69, 9.17) is 0 Å². The van der Waals surface area contributed by atoms with Crippen LogP contribution in [0.1, 0.15) is 19.4 Å². The number of carbonyl (C=O) groups is 2. The summed E-state index contributed by atoms with van der Waals surface area (Å²) in [6.07, 6.45) is 0. The molecule has 3 rings (SSSR count). The van der Waals surface area contributed by atoms with Gasteiger partial charge in [0, 0.05) is 17.1 Å². The minimum Gasteiger partial charge on any atom is -0.508 e. The number of phenolic OH excluding ortho intramolecular Hbond substituents is 1. The summed E-state index contributed by atoms with van der Waals surface area (Å²) < 4.78 is 0. The Labute approximate surface area is 133 Å². The van der Waals surface area contributed by atoms with Crippen molar-refractivity contribution in [2.45, 2.75) is 19.3 Å². The molecule has 23 heavy (non-hydrogen) atoms. The molecule has 2 aromatic rings. The highest BCUT2D eigenvalue weighted by molar-refractivity contribution is 6.07. The van der Waals surface area contributed by atoms with Crippen LogP contribution in [0, 0.1) is 0 Å². The van der Waals surface area contributed by atoms with Crippen molar-refractivity contribution in [3.63, 3.8) is 0 Å². The molecule has 0 bridgehead atoms. The molecule has 1 aliphatic heterocycles. The molecule has 0 aromatic heterocycles. The second kappa shape index (κ2) is 5.31. The summed E-state index contributed by atoms with van der Waals surface area (Å²) in [5.41, 5.74) is 2.20. The van der Waals surface area contributed by atoms with Crippen LogP contribution in [0.3, 0.4) is 0 Å². The summed E-state index contributed by atoms with van der Waals surface area (Å²) in [5, 5.41) is 17.4. The van der Waals surface area contributed by atoms with Gasteiger partial charge in [-0.3, -0.25) is 4.79 Å². The normalized spacial score (nSPS) is 14.8. The van der Waals surface area contributed by atoms with Gasteiger partial charge in [0.2, 0.25) is 5.91 Å². The first-order valence-corrected chi connectivity index (χ1v) is 7.19. The molecular formula is C17H17N3O3. The van der Waals surface area contributed by atoms with Gasteiger partial charge in [-0.1, -0.05) is 6.07 Å². The van der Waals surface area contributed by atoms with E-state index >= 15 is 0 Å². The number of aromatic hydroxyl groups is 1. The lowest BCUT2D eigenvalue weighted by Gasteiger charge is -2.15. The van der Waals surface area contributed by atoms with E-state index in [2.05, 4.69) is 16.0 Å². The van der Waals surface area contributed by atoms with Crippen molar-refractivity contribution in [2.75, 3.05) is 16.0 Å². The summed E-state index contributed by atoms with van der Waals surface area (Å²) in [5.74, 6) is 0.0751.